The molecule has 1 aliphatic heterocycles. The Balaban J connectivity index is 0.00000180. The van der Waals surface area contributed by atoms with Crippen LogP contribution in [0.3, 0.4) is 0 Å². The molecule has 3 heteroatoms. The molecule has 0 bridgehead atoms. The predicted octanol–water partition coefficient (Wildman–Crippen LogP) is 4.14. The minimum Gasteiger partial charge on any atom is -0.494 e. The molecule has 1 heterocycles. The van der Waals surface area contributed by atoms with Crippen molar-refractivity contribution in [3.8, 4) is 5.75 Å². The number of hydrogen-bond acceptors (Lipinski definition) is 2. The third kappa shape index (κ3) is 5.42. The summed E-state index contributed by atoms with van der Waals surface area (Å²) in [6.07, 6.45) is 5.11. The van der Waals surface area contributed by atoms with E-state index in [1.807, 2.05) is 0 Å². The fourth-order valence-corrected chi connectivity index (χ4v) is 2.45. The van der Waals surface area contributed by atoms with E-state index >= 15 is 0 Å². The average Bonchev–Trinajstić information content (AvgIpc) is 2.40. The second-order valence-corrected chi connectivity index (χ2v) is 5.51. The second-order valence-electron chi connectivity index (χ2n) is 5.51. The molecule has 19 heavy (non-hydrogen) atoms. The molecule has 1 fully saturated rings. The molecule has 1 saturated heterocycles. The zero-order valence-corrected chi connectivity index (χ0v) is 12.8. The van der Waals surface area contributed by atoms with Crippen molar-refractivity contribution < 1.29 is 4.74 Å². The normalized spacial score (nSPS) is 19.0. The first-order chi connectivity index (χ1) is 8.75. The Kier molecular flexibility index (Phi) is 7.25. The van der Waals surface area contributed by atoms with Gasteiger partial charge in [-0.05, 0) is 49.4 Å². The van der Waals surface area contributed by atoms with Crippen LogP contribution in [-0.4, -0.2) is 19.2 Å². The van der Waals surface area contributed by atoms with Gasteiger partial charge >= 0.3 is 0 Å². The van der Waals surface area contributed by atoms with E-state index in [1.165, 1.54) is 31.4 Å². The quantitative estimate of drug-likeness (QED) is 0.877. The molecule has 0 amide bonds. The molecule has 0 saturated carbocycles. The Hall–Kier alpha value is -0.730. The number of benzene rings is 1. The molecule has 1 N–H and O–H groups in total. The molecule has 0 radical (unpaired) electrons. The fraction of sp³-hybridized carbons (Fsp3) is 0.625. The summed E-state index contributed by atoms with van der Waals surface area (Å²) >= 11 is 0. The van der Waals surface area contributed by atoms with Crippen molar-refractivity contribution in [2.45, 2.75) is 51.5 Å². The van der Waals surface area contributed by atoms with Gasteiger partial charge in [-0.25, -0.2) is 0 Å². The number of hydrogen-bond donors (Lipinski definition) is 1. The van der Waals surface area contributed by atoms with Gasteiger partial charge in [0.15, 0.2) is 0 Å². The van der Waals surface area contributed by atoms with E-state index in [0.29, 0.717) is 12.0 Å². The van der Waals surface area contributed by atoms with Crippen LogP contribution in [0, 0.1) is 0 Å². The number of piperidine rings is 1. The van der Waals surface area contributed by atoms with Gasteiger partial charge in [0.05, 0.1) is 6.61 Å². The maximum Gasteiger partial charge on any atom is 0.119 e. The van der Waals surface area contributed by atoms with E-state index in [9.17, 15) is 0 Å². The van der Waals surface area contributed by atoms with Crippen molar-refractivity contribution in [3.63, 3.8) is 0 Å². The maximum absolute atomic E-state index is 5.86. The number of halogens is 1. The summed E-state index contributed by atoms with van der Waals surface area (Å²) < 4.78 is 5.86. The van der Waals surface area contributed by atoms with E-state index in [4.69, 9.17) is 4.74 Å². The lowest BCUT2D eigenvalue weighted by molar-refractivity contribution is 0.268. The van der Waals surface area contributed by atoms with Crippen LogP contribution in [0.4, 0.5) is 0 Å². The van der Waals surface area contributed by atoms with Gasteiger partial charge in [-0.1, -0.05) is 32.4 Å². The largest absolute Gasteiger partial charge is 0.494 e. The summed E-state index contributed by atoms with van der Waals surface area (Å²) in [5.41, 5.74) is 1.35. The number of ether oxygens (including phenoxy) is 1. The van der Waals surface area contributed by atoms with Gasteiger partial charge in [0, 0.05) is 6.04 Å². The molecule has 1 atom stereocenters. The first kappa shape index (κ1) is 16.3. The zero-order valence-electron chi connectivity index (χ0n) is 12.0. The minimum atomic E-state index is 0. The Morgan fingerprint density at radius 3 is 2.84 bits per heavy atom. The van der Waals surface area contributed by atoms with Crippen LogP contribution >= 0.6 is 12.4 Å². The minimum absolute atomic E-state index is 0. The van der Waals surface area contributed by atoms with Crippen LogP contribution in [0.25, 0.3) is 0 Å². The van der Waals surface area contributed by atoms with Gasteiger partial charge < -0.3 is 10.1 Å². The molecule has 0 aromatic heterocycles. The number of rotatable bonds is 5. The molecule has 1 aromatic carbocycles. The molecule has 0 spiro atoms. The SMILES string of the molecule is CC(C)c1cccc(OCCC2CCCCN2)c1.Cl. The molecule has 108 valence electrons. The first-order valence-electron chi connectivity index (χ1n) is 7.22. The van der Waals surface area contributed by atoms with Crippen LogP contribution in [0.5, 0.6) is 5.75 Å². The molecule has 1 aromatic rings. The van der Waals surface area contributed by atoms with Crippen molar-refractivity contribution in [2.24, 2.45) is 0 Å². The average molecular weight is 284 g/mol. The van der Waals surface area contributed by atoms with Crippen molar-refractivity contribution in [1.29, 1.82) is 0 Å². The molecule has 2 rings (SSSR count). The topological polar surface area (TPSA) is 21.3 Å². The van der Waals surface area contributed by atoms with E-state index in [-0.39, 0.29) is 12.4 Å². The van der Waals surface area contributed by atoms with E-state index in [1.54, 1.807) is 0 Å². The smallest absolute Gasteiger partial charge is 0.119 e. The van der Waals surface area contributed by atoms with Crippen molar-refractivity contribution in [2.75, 3.05) is 13.2 Å². The lowest BCUT2D eigenvalue weighted by atomic mass is 10.0. The first-order valence-corrected chi connectivity index (χ1v) is 7.22. The third-order valence-electron chi connectivity index (χ3n) is 3.67. The Bertz CT molecular complexity index is 362. The fourth-order valence-electron chi connectivity index (χ4n) is 2.45. The van der Waals surface area contributed by atoms with E-state index < -0.39 is 0 Å². The Morgan fingerprint density at radius 1 is 1.32 bits per heavy atom. The summed E-state index contributed by atoms with van der Waals surface area (Å²) in [6.45, 7) is 6.42. The predicted molar refractivity (Wildman–Crippen MR) is 83.5 cm³/mol. The molecule has 1 aliphatic rings. The van der Waals surface area contributed by atoms with Crippen molar-refractivity contribution in [3.05, 3.63) is 29.8 Å². The van der Waals surface area contributed by atoms with E-state index in [0.717, 1.165) is 18.8 Å². The van der Waals surface area contributed by atoms with Gasteiger partial charge in [-0.15, -0.1) is 12.4 Å². The van der Waals surface area contributed by atoms with Crippen molar-refractivity contribution in [1.82, 2.24) is 5.32 Å². The molecule has 2 nitrogen and oxygen atoms in total. The van der Waals surface area contributed by atoms with Crippen molar-refractivity contribution >= 4 is 12.4 Å². The third-order valence-corrected chi connectivity index (χ3v) is 3.67. The molecular weight excluding hydrogens is 258 g/mol. The second kappa shape index (κ2) is 8.44. The summed E-state index contributed by atoms with van der Waals surface area (Å²) in [5.74, 6) is 1.57. The van der Waals surface area contributed by atoms with Crippen LogP contribution in [0.15, 0.2) is 24.3 Å². The van der Waals surface area contributed by atoms with Gasteiger partial charge in [-0.2, -0.15) is 0 Å². The lowest BCUT2D eigenvalue weighted by Gasteiger charge is -2.23. The highest BCUT2D eigenvalue weighted by molar-refractivity contribution is 5.85. The highest BCUT2D eigenvalue weighted by atomic mass is 35.5. The summed E-state index contributed by atoms with van der Waals surface area (Å²) in [7, 11) is 0. The van der Waals surface area contributed by atoms with Gasteiger partial charge in [0.25, 0.3) is 0 Å². The molecular formula is C16H26ClNO. The van der Waals surface area contributed by atoms with Gasteiger partial charge in [0.2, 0.25) is 0 Å². The van der Waals surface area contributed by atoms with Crippen LogP contribution in [0.1, 0.15) is 51.0 Å². The Morgan fingerprint density at radius 2 is 2.16 bits per heavy atom. The van der Waals surface area contributed by atoms with Crippen LogP contribution < -0.4 is 10.1 Å². The van der Waals surface area contributed by atoms with Crippen LogP contribution in [0.2, 0.25) is 0 Å². The highest BCUT2D eigenvalue weighted by Crippen LogP contribution is 2.20. The summed E-state index contributed by atoms with van der Waals surface area (Å²) in [5, 5.41) is 3.55. The van der Waals surface area contributed by atoms with Gasteiger partial charge in [-0.3, -0.25) is 0 Å². The Labute approximate surface area is 123 Å². The standard InChI is InChI=1S/C16H25NO.ClH/c1-13(2)14-6-5-8-16(12-14)18-11-9-15-7-3-4-10-17-15;/h5-6,8,12-13,15,17H,3-4,7,9-11H2,1-2H3;1H. The van der Waals surface area contributed by atoms with E-state index in [2.05, 4.69) is 43.4 Å². The molecule has 0 aliphatic carbocycles. The summed E-state index contributed by atoms with van der Waals surface area (Å²) in [6, 6.07) is 9.13. The number of nitrogens with one attached hydrogen (secondary N) is 1. The molecule has 1 unspecified atom stereocenters. The monoisotopic (exact) mass is 283 g/mol. The highest BCUT2D eigenvalue weighted by Gasteiger charge is 2.12. The van der Waals surface area contributed by atoms with Crippen LogP contribution in [-0.2, 0) is 0 Å². The lowest BCUT2D eigenvalue weighted by Crippen LogP contribution is -2.35. The summed E-state index contributed by atoms with van der Waals surface area (Å²) in [4.78, 5) is 0. The zero-order chi connectivity index (χ0) is 12.8. The van der Waals surface area contributed by atoms with Gasteiger partial charge in [0.1, 0.15) is 5.75 Å². The maximum atomic E-state index is 5.86.